The van der Waals surface area contributed by atoms with Gasteiger partial charge in [-0.05, 0) is 51.1 Å². The molecule has 1 aromatic carbocycles. The van der Waals surface area contributed by atoms with Crippen LogP contribution in [-0.4, -0.2) is 37.5 Å². The van der Waals surface area contributed by atoms with E-state index in [1.54, 1.807) is 0 Å². The van der Waals surface area contributed by atoms with E-state index in [4.69, 9.17) is 0 Å². The second-order valence-electron chi connectivity index (χ2n) is 5.78. The smallest absolute Gasteiger partial charge is 0.247 e. The summed E-state index contributed by atoms with van der Waals surface area (Å²) in [5.41, 5.74) is 3.40. The molecule has 1 saturated heterocycles. The van der Waals surface area contributed by atoms with Crippen molar-refractivity contribution in [1.29, 1.82) is 0 Å². The summed E-state index contributed by atoms with van der Waals surface area (Å²) in [6.45, 7) is 1.89. The van der Waals surface area contributed by atoms with Crippen molar-refractivity contribution in [3.05, 3.63) is 23.8 Å². The van der Waals surface area contributed by atoms with E-state index in [-0.39, 0.29) is 11.9 Å². The Balaban J connectivity index is 1.93. The molecule has 2 aliphatic rings. The number of nitrogens with zero attached hydrogens (tertiary/aromatic N) is 2. The Hall–Kier alpha value is -1.55. The first kappa shape index (κ1) is 12.5. The molecule has 0 bridgehead atoms. The van der Waals surface area contributed by atoms with Crippen molar-refractivity contribution in [3.8, 4) is 0 Å². The van der Waals surface area contributed by atoms with Crippen LogP contribution in [0.1, 0.15) is 24.8 Å². The van der Waals surface area contributed by atoms with Crippen molar-refractivity contribution >= 4 is 17.3 Å². The number of hydrogen-bond acceptors (Lipinski definition) is 3. The number of rotatable bonds is 2. The molecule has 1 unspecified atom stereocenters. The van der Waals surface area contributed by atoms with Gasteiger partial charge in [0.15, 0.2) is 0 Å². The minimum absolute atomic E-state index is 0.0425. The van der Waals surface area contributed by atoms with Gasteiger partial charge in [0.25, 0.3) is 0 Å². The summed E-state index contributed by atoms with van der Waals surface area (Å²) < 4.78 is 0. The van der Waals surface area contributed by atoms with Crippen LogP contribution < -0.4 is 10.2 Å². The van der Waals surface area contributed by atoms with E-state index in [1.807, 2.05) is 0 Å². The molecular weight excluding hydrogens is 238 g/mol. The highest BCUT2D eigenvalue weighted by molar-refractivity contribution is 6.03. The Labute approximate surface area is 114 Å². The second kappa shape index (κ2) is 4.85. The third-order valence-electron chi connectivity index (χ3n) is 3.93. The molecule has 0 spiro atoms. The Kier molecular flexibility index (Phi) is 3.19. The lowest BCUT2D eigenvalue weighted by Crippen LogP contribution is -2.50. The highest BCUT2D eigenvalue weighted by Gasteiger charge is 2.34. The number of benzene rings is 1. The zero-order valence-electron chi connectivity index (χ0n) is 11.6. The summed E-state index contributed by atoms with van der Waals surface area (Å²) in [5.74, 6) is 0.161. The number of hydrogen-bond donors (Lipinski definition) is 1. The minimum Gasteiger partial charge on any atom is -0.358 e. The lowest BCUT2D eigenvalue weighted by molar-refractivity contribution is -0.118. The SMILES string of the molecule is CN(C)Cc1ccc2c(c1)NC(=O)C1CCCCN21. The zero-order chi connectivity index (χ0) is 13.4. The number of anilines is 2. The number of fused-ring (bicyclic) bond motifs is 3. The Bertz CT molecular complexity index is 498. The lowest BCUT2D eigenvalue weighted by atomic mass is 9.97. The van der Waals surface area contributed by atoms with Gasteiger partial charge in [-0.25, -0.2) is 0 Å². The van der Waals surface area contributed by atoms with E-state index >= 15 is 0 Å². The maximum absolute atomic E-state index is 12.2. The van der Waals surface area contributed by atoms with Crippen molar-refractivity contribution in [2.24, 2.45) is 0 Å². The van der Waals surface area contributed by atoms with Gasteiger partial charge in [0.05, 0.1) is 11.4 Å². The lowest BCUT2D eigenvalue weighted by Gasteiger charge is -2.41. The van der Waals surface area contributed by atoms with E-state index < -0.39 is 0 Å². The van der Waals surface area contributed by atoms with E-state index in [9.17, 15) is 4.79 Å². The highest BCUT2D eigenvalue weighted by Crippen LogP contribution is 2.36. The summed E-state index contributed by atoms with van der Waals surface area (Å²) in [7, 11) is 4.11. The summed E-state index contributed by atoms with van der Waals surface area (Å²) >= 11 is 0. The van der Waals surface area contributed by atoms with Gasteiger partial charge in [-0.15, -0.1) is 0 Å². The van der Waals surface area contributed by atoms with Crippen LogP contribution in [0.25, 0.3) is 0 Å². The minimum atomic E-state index is 0.0425. The van der Waals surface area contributed by atoms with Crippen molar-refractivity contribution in [1.82, 2.24) is 4.90 Å². The molecule has 2 aliphatic heterocycles. The molecule has 1 N–H and O–H groups in total. The first-order valence-corrected chi connectivity index (χ1v) is 7.00. The predicted octanol–water partition coefficient (Wildman–Crippen LogP) is 2.06. The normalized spacial score (nSPS) is 21.9. The van der Waals surface area contributed by atoms with E-state index in [2.05, 4.69) is 47.4 Å². The molecule has 1 atom stereocenters. The largest absolute Gasteiger partial charge is 0.358 e. The van der Waals surface area contributed by atoms with Crippen LogP contribution in [0.15, 0.2) is 18.2 Å². The van der Waals surface area contributed by atoms with Gasteiger partial charge in [0.2, 0.25) is 5.91 Å². The number of amides is 1. The summed E-state index contributed by atoms with van der Waals surface area (Å²) in [4.78, 5) is 16.6. The third-order valence-corrected chi connectivity index (χ3v) is 3.93. The van der Waals surface area contributed by atoms with Crippen molar-refractivity contribution in [3.63, 3.8) is 0 Å². The molecule has 1 amide bonds. The first-order chi connectivity index (χ1) is 9.15. The van der Waals surface area contributed by atoms with Crippen LogP contribution >= 0.6 is 0 Å². The van der Waals surface area contributed by atoms with Crippen LogP contribution in [-0.2, 0) is 11.3 Å². The number of piperidine rings is 1. The standard InChI is InChI=1S/C15H21N3O/c1-17(2)10-11-6-7-13-12(9-11)16-15(19)14-5-3-4-8-18(13)14/h6-7,9,14H,3-5,8,10H2,1-2H3,(H,16,19). The fourth-order valence-electron chi connectivity index (χ4n) is 3.11. The van der Waals surface area contributed by atoms with E-state index in [0.717, 1.165) is 31.6 Å². The summed E-state index contributed by atoms with van der Waals surface area (Å²) in [6, 6.07) is 6.48. The van der Waals surface area contributed by atoms with Crippen LogP contribution in [0.5, 0.6) is 0 Å². The molecule has 1 aromatic rings. The van der Waals surface area contributed by atoms with Crippen LogP contribution in [0.4, 0.5) is 11.4 Å². The molecule has 1 fully saturated rings. The fraction of sp³-hybridized carbons (Fsp3) is 0.533. The molecule has 0 saturated carbocycles. The average Bonchev–Trinajstić information content (AvgIpc) is 2.38. The molecule has 102 valence electrons. The van der Waals surface area contributed by atoms with Crippen molar-refractivity contribution in [2.75, 3.05) is 30.9 Å². The maximum Gasteiger partial charge on any atom is 0.247 e. The van der Waals surface area contributed by atoms with Gasteiger partial charge in [-0.3, -0.25) is 4.79 Å². The topological polar surface area (TPSA) is 35.6 Å². The van der Waals surface area contributed by atoms with Gasteiger partial charge >= 0.3 is 0 Å². The van der Waals surface area contributed by atoms with Crippen molar-refractivity contribution < 1.29 is 4.79 Å². The molecule has 2 heterocycles. The van der Waals surface area contributed by atoms with Crippen LogP contribution in [0.3, 0.4) is 0 Å². The molecule has 3 rings (SSSR count). The Morgan fingerprint density at radius 2 is 2.21 bits per heavy atom. The number of nitrogens with one attached hydrogen (secondary N) is 1. The monoisotopic (exact) mass is 259 g/mol. The molecule has 0 aromatic heterocycles. The number of carbonyl (C=O) groups excluding carboxylic acids is 1. The van der Waals surface area contributed by atoms with Crippen molar-refractivity contribution in [2.45, 2.75) is 31.8 Å². The fourth-order valence-corrected chi connectivity index (χ4v) is 3.11. The third kappa shape index (κ3) is 2.32. The first-order valence-electron chi connectivity index (χ1n) is 7.00. The predicted molar refractivity (Wildman–Crippen MR) is 77.4 cm³/mol. The molecular formula is C15H21N3O. The average molecular weight is 259 g/mol. The van der Waals surface area contributed by atoms with Gasteiger partial charge in [-0.1, -0.05) is 6.07 Å². The molecule has 0 aliphatic carbocycles. The molecule has 4 heteroatoms. The van der Waals surface area contributed by atoms with Gasteiger partial charge in [0.1, 0.15) is 6.04 Å². The van der Waals surface area contributed by atoms with Gasteiger partial charge < -0.3 is 15.1 Å². The highest BCUT2D eigenvalue weighted by atomic mass is 16.2. The molecule has 4 nitrogen and oxygen atoms in total. The van der Waals surface area contributed by atoms with Crippen LogP contribution in [0.2, 0.25) is 0 Å². The van der Waals surface area contributed by atoms with Gasteiger partial charge in [-0.2, -0.15) is 0 Å². The summed E-state index contributed by atoms with van der Waals surface area (Å²) in [5, 5.41) is 3.07. The van der Waals surface area contributed by atoms with E-state index in [1.165, 1.54) is 17.7 Å². The second-order valence-corrected chi connectivity index (χ2v) is 5.78. The van der Waals surface area contributed by atoms with E-state index in [0.29, 0.717) is 0 Å². The Morgan fingerprint density at radius 3 is 3.00 bits per heavy atom. The number of carbonyl (C=O) groups is 1. The molecule has 0 radical (unpaired) electrons. The Morgan fingerprint density at radius 1 is 1.37 bits per heavy atom. The zero-order valence-corrected chi connectivity index (χ0v) is 11.6. The maximum atomic E-state index is 12.2. The van der Waals surface area contributed by atoms with Gasteiger partial charge in [0, 0.05) is 13.1 Å². The quantitative estimate of drug-likeness (QED) is 0.883. The van der Waals surface area contributed by atoms with Crippen LogP contribution in [0, 0.1) is 0 Å². The molecule has 19 heavy (non-hydrogen) atoms. The summed E-state index contributed by atoms with van der Waals surface area (Å²) in [6.07, 6.45) is 3.32.